The number of hydrogen-bond donors (Lipinski definition) is 0. The molecule has 0 fully saturated rings. The summed E-state index contributed by atoms with van der Waals surface area (Å²) in [6, 6.07) is 0. The normalized spacial score (nSPS) is 11.4. The van der Waals surface area contributed by atoms with Crippen LogP contribution in [0.3, 0.4) is 0 Å². The van der Waals surface area contributed by atoms with Gasteiger partial charge in [0.25, 0.3) is 0 Å². The maximum Gasteiger partial charge on any atom is 0.0630 e. The number of hydrogen-bond acceptors (Lipinski definition) is 1. The van der Waals surface area contributed by atoms with Crippen molar-refractivity contribution in [3.8, 4) is 0 Å². The van der Waals surface area contributed by atoms with Gasteiger partial charge < -0.3 is 0 Å². The molecule has 0 saturated heterocycles. The lowest BCUT2D eigenvalue weighted by molar-refractivity contribution is 0.642. The summed E-state index contributed by atoms with van der Waals surface area (Å²) < 4.78 is 1.85. The zero-order chi connectivity index (χ0) is 5.70. The molecule has 3 heteroatoms. The first kappa shape index (κ1) is 7.34. The minimum absolute atomic E-state index is 0.834. The van der Waals surface area contributed by atoms with Crippen molar-refractivity contribution in [2.24, 2.45) is 0 Å². The van der Waals surface area contributed by atoms with E-state index in [1.54, 1.807) is 0 Å². The van der Waals surface area contributed by atoms with E-state index in [-0.39, 0.29) is 0 Å². The highest BCUT2D eigenvalue weighted by Gasteiger charge is 1.86. The molecule has 0 atom stereocenters. The Morgan fingerprint density at radius 2 is 2.43 bits per heavy atom. The summed E-state index contributed by atoms with van der Waals surface area (Å²) >= 11 is 8.46. The number of likely N-dealkylation sites (N-methyl/N-ethyl adjacent to an activating group) is 1. The second-order valence-corrected chi connectivity index (χ2v) is 2.26. The fourth-order valence-corrected chi connectivity index (χ4v) is 0.383. The summed E-state index contributed by atoms with van der Waals surface area (Å²) in [6.07, 6.45) is 1.84. The summed E-state index contributed by atoms with van der Waals surface area (Å²) in [6.45, 7) is 0.834. The van der Waals surface area contributed by atoms with E-state index in [9.17, 15) is 0 Å². The Morgan fingerprint density at radius 1 is 1.86 bits per heavy atom. The monoisotopic (exact) mass is 138 g/mol. The van der Waals surface area contributed by atoms with Crippen LogP contribution in [0.15, 0.2) is 11.6 Å². The van der Waals surface area contributed by atoms with Crippen molar-refractivity contribution < 1.29 is 0 Å². The third-order valence-electron chi connectivity index (χ3n) is 0.468. The molecule has 0 bridgehead atoms. The van der Waals surface area contributed by atoms with Crippen LogP contribution >= 0.6 is 11.6 Å². The molecule has 0 N–H and O–H groups in total. The van der Waals surface area contributed by atoms with Gasteiger partial charge in [-0.3, -0.25) is 0 Å². The lowest BCUT2D eigenvalue weighted by Crippen LogP contribution is -2.07. The standard InChI is InChI=1S/C4H8ClNS/c1-6(7)4-2-3-5/h2-3,7H,4H2,1H3/p+1/b3-2+. The Hall–Kier alpha value is 0.340. The van der Waals surface area contributed by atoms with E-state index < -0.39 is 0 Å². The highest BCUT2D eigenvalue weighted by molar-refractivity contribution is 7.55. The van der Waals surface area contributed by atoms with Crippen LogP contribution in [0.4, 0.5) is 0 Å². The Balaban J connectivity index is 2.97. The quantitative estimate of drug-likeness (QED) is 0.506. The van der Waals surface area contributed by atoms with Gasteiger partial charge in [0.05, 0.1) is 6.54 Å². The molecule has 7 heavy (non-hydrogen) atoms. The topological polar surface area (TPSA) is 3.24 Å². The maximum absolute atomic E-state index is 5.22. The van der Waals surface area contributed by atoms with Gasteiger partial charge in [0.15, 0.2) is 0 Å². The van der Waals surface area contributed by atoms with Gasteiger partial charge in [-0.1, -0.05) is 17.7 Å². The molecule has 0 aromatic rings. The first-order chi connectivity index (χ1) is 3.27. The molecule has 0 radical (unpaired) electrons. The highest BCUT2D eigenvalue weighted by atomic mass is 35.5. The van der Waals surface area contributed by atoms with Gasteiger partial charge in [0, 0.05) is 25.4 Å². The average molecular weight is 139 g/mol. The molecule has 42 valence electrons. The van der Waals surface area contributed by atoms with Gasteiger partial charge in [-0.05, 0) is 0 Å². The van der Waals surface area contributed by atoms with Crippen molar-refractivity contribution in [3.63, 3.8) is 0 Å². The largest absolute Gasteiger partial charge is 0.130 e. The van der Waals surface area contributed by atoms with E-state index in [1.165, 1.54) is 5.54 Å². The Kier molecular flexibility index (Phi) is 4.72. The van der Waals surface area contributed by atoms with E-state index >= 15 is 0 Å². The Morgan fingerprint density at radius 3 is 2.57 bits per heavy atom. The summed E-state index contributed by atoms with van der Waals surface area (Å²) in [5.41, 5.74) is 1.50. The van der Waals surface area contributed by atoms with Crippen LogP contribution in [-0.2, 0) is 12.8 Å². The summed E-state index contributed by atoms with van der Waals surface area (Å²) in [5, 5.41) is 0. The predicted molar refractivity (Wildman–Crippen MR) is 37.8 cm³/mol. The van der Waals surface area contributed by atoms with Crippen molar-refractivity contribution in [2.45, 2.75) is 0 Å². The smallest absolute Gasteiger partial charge is 0.0630 e. The van der Waals surface area contributed by atoms with E-state index in [4.69, 9.17) is 11.6 Å². The van der Waals surface area contributed by atoms with Crippen LogP contribution < -0.4 is 0 Å². The first-order valence-corrected chi connectivity index (χ1v) is 2.83. The van der Waals surface area contributed by atoms with E-state index in [0.717, 1.165) is 6.54 Å². The van der Waals surface area contributed by atoms with E-state index in [1.807, 2.05) is 17.4 Å². The van der Waals surface area contributed by atoms with E-state index in [0.29, 0.717) is 0 Å². The molecule has 0 aromatic heterocycles. The summed E-state index contributed by atoms with van der Waals surface area (Å²) in [5.74, 6) is 0. The average Bonchev–Trinajstić information content (AvgIpc) is 1.61. The second kappa shape index (κ2) is 4.50. The van der Waals surface area contributed by atoms with Crippen LogP contribution in [0.1, 0.15) is 0 Å². The summed E-state index contributed by atoms with van der Waals surface area (Å²) in [4.78, 5) is 0. The molecule has 0 aromatic carbocycles. The number of nitrogens with zero attached hydrogens (tertiary/aromatic N) is 1. The van der Waals surface area contributed by atoms with Gasteiger partial charge in [-0.25, -0.2) is 0 Å². The maximum atomic E-state index is 5.22. The zero-order valence-corrected chi connectivity index (χ0v) is 5.94. The van der Waals surface area contributed by atoms with Gasteiger partial charge >= 0.3 is 0 Å². The van der Waals surface area contributed by atoms with E-state index in [2.05, 4.69) is 12.8 Å². The molecule has 0 aliphatic rings. The molecule has 0 heterocycles. The third-order valence-corrected chi connectivity index (χ3v) is 0.829. The number of halogens is 1. The first-order valence-electron chi connectivity index (χ1n) is 1.95. The lowest BCUT2D eigenvalue weighted by atomic mass is 10.6. The van der Waals surface area contributed by atoms with Crippen molar-refractivity contribution >= 4 is 24.4 Å². The number of rotatable bonds is 2. The minimum Gasteiger partial charge on any atom is -0.130 e. The van der Waals surface area contributed by atoms with Crippen molar-refractivity contribution in [1.82, 2.24) is 4.31 Å². The van der Waals surface area contributed by atoms with Crippen LogP contribution in [0.2, 0.25) is 0 Å². The van der Waals surface area contributed by atoms with Gasteiger partial charge in [-0.15, -0.1) is 4.31 Å². The molecule has 0 unspecified atom stereocenters. The Bertz CT molecular complexity index is 62.7. The molecule has 0 spiro atoms. The molecule has 0 rings (SSSR count). The zero-order valence-electron chi connectivity index (χ0n) is 4.19. The lowest BCUT2D eigenvalue weighted by Gasteiger charge is -1.91. The van der Waals surface area contributed by atoms with Crippen LogP contribution in [-0.4, -0.2) is 17.9 Å². The second-order valence-electron chi connectivity index (χ2n) is 1.24. The molecular formula is C4H9ClNS+. The molecular weight excluding hydrogens is 130 g/mol. The molecule has 0 saturated carbocycles. The minimum atomic E-state index is 0.834. The summed E-state index contributed by atoms with van der Waals surface area (Å²) in [7, 11) is 1.91. The molecule has 1 nitrogen and oxygen atoms in total. The van der Waals surface area contributed by atoms with Crippen molar-refractivity contribution in [2.75, 3.05) is 13.6 Å². The van der Waals surface area contributed by atoms with Gasteiger partial charge in [0.1, 0.15) is 0 Å². The SMILES string of the molecule is CN([SH2+])C/C=C/Cl. The van der Waals surface area contributed by atoms with Crippen LogP contribution in [0.5, 0.6) is 0 Å². The van der Waals surface area contributed by atoms with Crippen LogP contribution in [0.25, 0.3) is 0 Å². The Labute approximate surface area is 54.5 Å². The molecule has 0 amide bonds. The van der Waals surface area contributed by atoms with Crippen molar-refractivity contribution in [1.29, 1.82) is 0 Å². The molecule has 0 aliphatic heterocycles. The third kappa shape index (κ3) is 6.34. The van der Waals surface area contributed by atoms with Crippen LogP contribution in [0, 0.1) is 0 Å². The van der Waals surface area contributed by atoms with Crippen molar-refractivity contribution in [3.05, 3.63) is 11.6 Å². The fraction of sp³-hybridized carbons (Fsp3) is 0.500. The van der Waals surface area contributed by atoms with Gasteiger partial charge in [-0.2, -0.15) is 0 Å². The fourth-order valence-electron chi connectivity index (χ4n) is 0.198. The molecule has 0 aliphatic carbocycles. The van der Waals surface area contributed by atoms with Gasteiger partial charge in [0.2, 0.25) is 0 Å². The predicted octanol–water partition coefficient (Wildman–Crippen LogP) is 0.597. The highest BCUT2D eigenvalue weighted by Crippen LogP contribution is 1.80.